The van der Waals surface area contributed by atoms with Crippen molar-refractivity contribution in [3.63, 3.8) is 0 Å². The van der Waals surface area contributed by atoms with Gasteiger partial charge in [0, 0.05) is 37.8 Å². The average molecular weight is 615 g/mol. The van der Waals surface area contributed by atoms with Gasteiger partial charge in [-0.1, -0.05) is 197 Å². The number of benzene rings is 2. The molecule has 2 heteroatoms. The third kappa shape index (κ3) is 12.8. The molecule has 0 amide bonds. The number of nitrogens with zero attached hydrogens (tertiary/aromatic N) is 2. The fourth-order valence-corrected chi connectivity index (χ4v) is 7.80. The first kappa shape index (κ1) is 37.2. The summed E-state index contributed by atoms with van der Waals surface area (Å²) in [4.78, 5) is 5.56. The quantitative estimate of drug-likeness (QED) is 0.0924. The summed E-state index contributed by atoms with van der Waals surface area (Å²) in [7, 11) is 0. The van der Waals surface area contributed by atoms with E-state index in [4.69, 9.17) is 0 Å². The van der Waals surface area contributed by atoms with Gasteiger partial charge in [0.05, 0.1) is 0 Å². The zero-order valence-electron chi connectivity index (χ0n) is 29.9. The summed E-state index contributed by atoms with van der Waals surface area (Å²) in [5.74, 6) is 0.445. The van der Waals surface area contributed by atoms with Crippen LogP contribution in [-0.4, -0.2) is 28.6 Å². The predicted molar refractivity (Wildman–Crippen MR) is 199 cm³/mol. The minimum absolute atomic E-state index is 0.0592. The Morgan fingerprint density at radius 2 is 0.844 bits per heavy atom. The fraction of sp³-hybridized carbons (Fsp3) is 0.674. The summed E-state index contributed by atoms with van der Waals surface area (Å²) in [5, 5.41) is 0. The largest absolute Gasteiger partial charge is 0.353 e. The molecule has 0 saturated carbocycles. The van der Waals surface area contributed by atoms with Crippen molar-refractivity contribution in [1.29, 1.82) is 0 Å². The van der Waals surface area contributed by atoms with Crippen LogP contribution in [0.2, 0.25) is 0 Å². The molecule has 0 N–H and O–H groups in total. The molecule has 1 heterocycles. The number of unbranched alkanes of at least 4 members (excludes halogenated alkanes) is 18. The normalized spacial score (nSPS) is 17.0. The molecule has 2 aromatic rings. The first-order chi connectivity index (χ1) is 22.3. The van der Waals surface area contributed by atoms with Crippen LogP contribution in [0, 0.1) is 0 Å². The number of hydrogen-bond acceptors (Lipinski definition) is 2. The molecule has 0 spiro atoms. The van der Waals surface area contributed by atoms with Crippen LogP contribution in [-0.2, 0) is 6.42 Å². The van der Waals surface area contributed by atoms with Gasteiger partial charge in [-0.2, -0.15) is 0 Å². The molecule has 2 nitrogen and oxygen atoms in total. The van der Waals surface area contributed by atoms with Gasteiger partial charge in [-0.3, -0.25) is 0 Å². The van der Waals surface area contributed by atoms with E-state index in [1.807, 2.05) is 0 Å². The van der Waals surface area contributed by atoms with E-state index in [-0.39, 0.29) is 5.66 Å². The maximum absolute atomic E-state index is 2.78. The van der Waals surface area contributed by atoms with Crippen LogP contribution < -0.4 is 0 Å². The Morgan fingerprint density at radius 3 is 1.24 bits per heavy atom. The van der Waals surface area contributed by atoms with E-state index in [1.165, 1.54) is 140 Å². The summed E-state index contributed by atoms with van der Waals surface area (Å²) in [5.41, 5.74) is 2.88. The van der Waals surface area contributed by atoms with Crippen LogP contribution in [0.3, 0.4) is 0 Å². The molecule has 2 atom stereocenters. The van der Waals surface area contributed by atoms with Crippen molar-refractivity contribution in [1.82, 2.24) is 9.80 Å². The van der Waals surface area contributed by atoms with Crippen LogP contribution >= 0.6 is 0 Å². The van der Waals surface area contributed by atoms with Gasteiger partial charge in [0.25, 0.3) is 0 Å². The van der Waals surface area contributed by atoms with E-state index in [9.17, 15) is 0 Å². The van der Waals surface area contributed by atoms with Crippen molar-refractivity contribution in [3.05, 3.63) is 84.2 Å². The molecule has 0 saturated heterocycles. The van der Waals surface area contributed by atoms with Crippen LogP contribution in [0.15, 0.2) is 73.1 Å². The SMILES string of the molecule is CCCCCCCCCCCCCCN1C=CN(CCCCCCCCCC)C1(Cc1ccccc1)C(CC)c1ccccc1. The minimum atomic E-state index is -0.0592. The molecule has 2 unspecified atom stereocenters. The maximum atomic E-state index is 2.78. The highest BCUT2D eigenvalue weighted by Gasteiger charge is 2.49. The first-order valence-electron chi connectivity index (χ1n) is 19.6. The second kappa shape index (κ2) is 23.2. The van der Waals surface area contributed by atoms with Crippen molar-refractivity contribution >= 4 is 0 Å². The Bertz CT molecular complexity index is 985. The van der Waals surface area contributed by atoms with Gasteiger partial charge >= 0.3 is 0 Å². The van der Waals surface area contributed by atoms with Crippen LogP contribution in [0.25, 0.3) is 0 Å². The van der Waals surface area contributed by atoms with E-state index in [1.54, 1.807) is 0 Å². The Morgan fingerprint density at radius 1 is 0.467 bits per heavy atom. The van der Waals surface area contributed by atoms with E-state index < -0.39 is 0 Å². The summed E-state index contributed by atoms with van der Waals surface area (Å²) in [6, 6.07) is 22.8. The van der Waals surface area contributed by atoms with Gasteiger partial charge in [0.2, 0.25) is 0 Å². The zero-order valence-corrected chi connectivity index (χ0v) is 29.9. The Hall–Kier alpha value is -2.22. The van der Waals surface area contributed by atoms with Crippen molar-refractivity contribution in [3.8, 4) is 0 Å². The van der Waals surface area contributed by atoms with Crippen molar-refractivity contribution in [2.24, 2.45) is 0 Å². The Kier molecular flexibility index (Phi) is 19.2. The third-order valence-corrected chi connectivity index (χ3v) is 10.4. The smallest absolute Gasteiger partial charge is 0.123 e. The molecule has 0 radical (unpaired) electrons. The van der Waals surface area contributed by atoms with Crippen molar-refractivity contribution in [2.75, 3.05) is 13.1 Å². The molecular formula is C43H70N2. The van der Waals surface area contributed by atoms with Crippen molar-refractivity contribution in [2.45, 2.75) is 174 Å². The van der Waals surface area contributed by atoms with Gasteiger partial charge in [-0.05, 0) is 30.4 Å². The molecule has 2 aromatic carbocycles. The number of hydrogen-bond donors (Lipinski definition) is 0. The first-order valence-corrected chi connectivity index (χ1v) is 19.6. The summed E-state index contributed by atoms with van der Waals surface area (Å²) in [6.07, 6.45) is 34.9. The van der Waals surface area contributed by atoms with Gasteiger partial charge in [0.15, 0.2) is 0 Å². The predicted octanol–water partition coefficient (Wildman–Crippen LogP) is 13.0. The van der Waals surface area contributed by atoms with Crippen molar-refractivity contribution < 1.29 is 0 Å². The van der Waals surface area contributed by atoms with Gasteiger partial charge in [-0.25, -0.2) is 0 Å². The standard InChI is InChI=1S/C43H70N2/c1-4-7-9-11-13-15-16-17-18-20-22-30-36-45-38-37-44(35-29-21-19-14-12-10-8-5-2)43(45,39-40-31-25-23-26-32-40)42(6-3)41-33-27-24-28-34-41/h23-28,31-34,37-38,42H,4-22,29-30,35-36,39H2,1-3H3. The molecule has 0 aromatic heterocycles. The van der Waals surface area contributed by atoms with E-state index in [2.05, 4.69) is 104 Å². The van der Waals surface area contributed by atoms with E-state index >= 15 is 0 Å². The van der Waals surface area contributed by atoms with Gasteiger partial charge < -0.3 is 9.80 Å². The van der Waals surface area contributed by atoms with E-state index in [0.717, 1.165) is 25.9 Å². The molecule has 0 bridgehead atoms. The summed E-state index contributed by atoms with van der Waals surface area (Å²) < 4.78 is 0. The fourth-order valence-electron chi connectivity index (χ4n) is 7.80. The third-order valence-electron chi connectivity index (χ3n) is 10.4. The van der Waals surface area contributed by atoms with Crippen LogP contribution in [0.4, 0.5) is 0 Å². The Labute approximate surface area is 280 Å². The lowest BCUT2D eigenvalue weighted by Gasteiger charge is -2.51. The lowest BCUT2D eigenvalue weighted by molar-refractivity contribution is -0.00378. The van der Waals surface area contributed by atoms with Gasteiger partial charge in [-0.15, -0.1) is 0 Å². The molecule has 3 rings (SSSR count). The highest BCUT2D eigenvalue weighted by Crippen LogP contribution is 2.45. The molecule has 1 aliphatic rings. The monoisotopic (exact) mass is 615 g/mol. The molecule has 1 aliphatic heterocycles. The summed E-state index contributed by atoms with van der Waals surface area (Å²) >= 11 is 0. The minimum Gasteiger partial charge on any atom is -0.353 e. The number of rotatable bonds is 27. The maximum Gasteiger partial charge on any atom is 0.123 e. The molecular weight excluding hydrogens is 544 g/mol. The molecule has 0 aliphatic carbocycles. The van der Waals surface area contributed by atoms with Gasteiger partial charge in [0.1, 0.15) is 5.66 Å². The van der Waals surface area contributed by atoms with Crippen LogP contribution in [0.1, 0.15) is 173 Å². The zero-order chi connectivity index (χ0) is 31.8. The lowest BCUT2D eigenvalue weighted by Crippen LogP contribution is -2.59. The highest BCUT2D eigenvalue weighted by molar-refractivity contribution is 5.30. The molecule has 0 fully saturated rings. The second-order valence-corrected chi connectivity index (χ2v) is 14.0. The Balaban J connectivity index is 1.65. The second-order valence-electron chi connectivity index (χ2n) is 14.0. The van der Waals surface area contributed by atoms with Crippen LogP contribution in [0.5, 0.6) is 0 Å². The topological polar surface area (TPSA) is 6.48 Å². The lowest BCUT2D eigenvalue weighted by atomic mass is 9.78. The summed E-state index contributed by atoms with van der Waals surface area (Å²) in [6.45, 7) is 9.34. The average Bonchev–Trinajstić information content (AvgIpc) is 3.40. The molecule has 45 heavy (non-hydrogen) atoms. The molecule has 252 valence electrons. The van der Waals surface area contributed by atoms with E-state index in [0.29, 0.717) is 5.92 Å². The highest BCUT2D eigenvalue weighted by atomic mass is 15.4.